The SMILES string of the molecule is Cc1nc(COc2ccc(Cl)cc2)sc1C(=O)N(CC(=O)O)C(C)C. The summed E-state index contributed by atoms with van der Waals surface area (Å²) in [7, 11) is 0. The van der Waals surface area contributed by atoms with Crippen LogP contribution >= 0.6 is 22.9 Å². The van der Waals surface area contributed by atoms with Crippen LogP contribution in [0.1, 0.15) is 34.2 Å². The highest BCUT2D eigenvalue weighted by atomic mass is 35.5. The Morgan fingerprint density at radius 1 is 1.32 bits per heavy atom. The van der Waals surface area contributed by atoms with E-state index in [9.17, 15) is 9.59 Å². The Bertz CT molecular complexity index is 759. The van der Waals surface area contributed by atoms with Crippen LogP contribution in [0.4, 0.5) is 0 Å². The van der Waals surface area contributed by atoms with Gasteiger partial charge in [-0.1, -0.05) is 11.6 Å². The summed E-state index contributed by atoms with van der Waals surface area (Å²) in [5.41, 5.74) is 0.570. The normalized spacial score (nSPS) is 10.8. The number of rotatable bonds is 7. The first-order valence-corrected chi connectivity index (χ1v) is 8.84. The molecule has 2 aromatic rings. The lowest BCUT2D eigenvalue weighted by atomic mass is 10.2. The van der Waals surface area contributed by atoms with E-state index >= 15 is 0 Å². The highest BCUT2D eigenvalue weighted by Crippen LogP contribution is 2.23. The van der Waals surface area contributed by atoms with Crippen LogP contribution in [0.5, 0.6) is 5.75 Å². The van der Waals surface area contributed by atoms with E-state index < -0.39 is 5.97 Å². The standard InChI is InChI=1S/C17H19ClN2O4S/c1-10(2)20(8-15(21)22)17(23)16-11(3)19-14(25-16)9-24-13-6-4-12(18)5-7-13/h4-7,10H,8-9H2,1-3H3,(H,21,22). The molecule has 1 aromatic carbocycles. The van der Waals surface area contributed by atoms with Gasteiger partial charge in [0.1, 0.15) is 28.8 Å². The van der Waals surface area contributed by atoms with Gasteiger partial charge < -0.3 is 14.7 Å². The lowest BCUT2D eigenvalue weighted by molar-refractivity contribution is -0.138. The number of benzene rings is 1. The van der Waals surface area contributed by atoms with Crippen molar-refractivity contribution >= 4 is 34.8 Å². The van der Waals surface area contributed by atoms with Gasteiger partial charge in [0.2, 0.25) is 0 Å². The fraction of sp³-hybridized carbons (Fsp3) is 0.353. The number of amides is 1. The van der Waals surface area contributed by atoms with Crippen LogP contribution in [0.2, 0.25) is 5.02 Å². The summed E-state index contributed by atoms with van der Waals surface area (Å²) in [6.45, 7) is 5.17. The molecule has 1 N–H and O–H groups in total. The van der Waals surface area contributed by atoms with E-state index in [4.69, 9.17) is 21.4 Å². The molecule has 0 saturated heterocycles. The number of aryl methyl sites for hydroxylation is 1. The molecule has 0 radical (unpaired) electrons. The number of thiazole rings is 1. The van der Waals surface area contributed by atoms with E-state index in [0.29, 0.717) is 26.4 Å². The number of hydrogen-bond donors (Lipinski definition) is 1. The van der Waals surface area contributed by atoms with Crippen LogP contribution in [0, 0.1) is 6.92 Å². The molecule has 1 heterocycles. The number of carbonyl (C=O) groups is 2. The van der Waals surface area contributed by atoms with Gasteiger partial charge >= 0.3 is 5.97 Å². The molecule has 6 nitrogen and oxygen atoms in total. The van der Waals surface area contributed by atoms with Crippen LogP contribution < -0.4 is 4.74 Å². The second kappa shape index (κ2) is 8.31. The maximum absolute atomic E-state index is 12.6. The van der Waals surface area contributed by atoms with Gasteiger partial charge in [-0.15, -0.1) is 11.3 Å². The fourth-order valence-corrected chi connectivity index (χ4v) is 3.21. The Morgan fingerprint density at radius 2 is 1.96 bits per heavy atom. The summed E-state index contributed by atoms with van der Waals surface area (Å²) in [4.78, 5) is 29.7. The molecule has 1 amide bonds. The highest BCUT2D eigenvalue weighted by molar-refractivity contribution is 7.13. The summed E-state index contributed by atoms with van der Waals surface area (Å²) in [6, 6.07) is 6.74. The summed E-state index contributed by atoms with van der Waals surface area (Å²) >= 11 is 7.05. The van der Waals surface area contributed by atoms with Gasteiger partial charge in [-0.2, -0.15) is 0 Å². The summed E-state index contributed by atoms with van der Waals surface area (Å²) in [5, 5.41) is 10.3. The number of aromatic nitrogens is 1. The molecule has 8 heteroatoms. The van der Waals surface area contributed by atoms with Crippen LogP contribution in [-0.4, -0.2) is 39.5 Å². The van der Waals surface area contributed by atoms with E-state index in [2.05, 4.69) is 4.98 Å². The van der Waals surface area contributed by atoms with Crippen molar-refractivity contribution in [3.63, 3.8) is 0 Å². The van der Waals surface area contributed by atoms with Crippen molar-refractivity contribution in [3.8, 4) is 5.75 Å². The average Bonchev–Trinajstić information content (AvgIpc) is 2.92. The Labute approximate surface area is 155 Å². The van der Waals surface area contributed by atoms with Crippen molar-refractivity contribution < 1.29 is 19.4 Å². The first-order valence-electron chi connectivity index (χ1n) is 7.65. The van der Waals surface area contributed by atoms with Gasteiger partial charge in [-0.3, -0.25) is 9.59 Å². The van der Waals surface area contributed by atoms with Crippen molar-refractivity contribution in [1.82, 2.24) is 9.88 Å². The van der Waals surface area contributed by atoms with Gasteiger partial charge in [0, 0.05) is 11.1 Å². The number of aliphatic carboxylic acids is 1. The number of hydrogen-bond acceptors (Lipinski definition) is 5. The molecule has 134 valence electrons. The van der Waals surface area contributed by atoms with Crippen molar-refractivity contribution in [2.45, 2.75) is 33.4 Å². The summed E-state index contributed by atoms with van der Waals surface area (Å²) < 4.78 is 5.64. The van der Waals surface area contributed by atoms with Crippen molar-refractivity contribution in [2.24, 2.45) is 0 Å². The first-order chi connectivity index (χ1) is 11.8. The zero-order valence-corrected chi connectivity index (χ0v) is 15.7. The van der Waals surface area contributed by atoms with Gasteiger partial charge in [-0.25, -0.2) is 4.98 Å². The zero-order chi connectivity index (χ0) is 18.6. The molecule has 25 heavy (non-hydrogen) atoms. The Hall–Kier alpha value is -2.12. The predicted molar refractivity (Wildman–Crippen MR) is 96.4 cm³/mol. The fourth-order valence-electron chi connectivity index (χ4n) is 2.15. The number of nitrogens with zero attached hydrogens (tertiary/aromatic N) is 2. The molecular weight excluding hydrogens is 364 g/mol. The topological polar surface area (TPSA) is 79.7 Å². The molecule has 2 rings (SSSR count). The van der Waals surface area contributed by atoms with Gasteiger partial charge in [0.25, 0.3) is 5.91 Å². The summed E-state index contributed by atoms with van der Waals surface area (Å²) in [6.07, 6.45) is 0. The van der Waals surface area contributed by atoms with Gasteiger partial charge in [-0.05, 0) is 45.0 Å². The molecule has 0 atom stereocenters. The molecular formula is C17H19ClN2O4S. The third kappa shape index (κ3) is 5.17. The van der Waals surface area contributed by atoms with Crippen LogP contribution in [0.3, 0.4) is 0 Å². The van der Waals surface area contributed by atoms with E-state index in [0.717, 1.165) is 0 Å². The lowest BCUT2D eigenvalue weighted by Gasteiger charge is -2.24. The molecule has 0 bridgehead atoms. The molecule has 0 aliphatic heterocycles. The van der Waals surface area contributed by atoms with E-state index in [1.165, 1.54) is 16.2 Å². The second-order valence-electron chi connectivity index (χ2n) is 5.69. The highest BCUT2D eigenvalue weighted by Gasteiger charge is 2.25. The molecule has 0 fully saturated rings. The van der Waals surface area contributed by atoms with E-state index in [-0.39, 0.29) is 25.1 Å². The third-order valence-electron chi connectivity index (χ3n) is 3.40. The minimum atomic E-state index is -1.05. The predicted octanol–water partition coefficient (Wildman–Crippen LogP) is 3.62. The minimum Gasteiger partial charge on any atom is -0.486 e. The van der Waals surface area contributed by atoms with Crippen molar-refractivity contribution in [2.75, 3.05) is 6.54 Å². The first kappa shape index (κ1) is 19.2. The number of carboxylic acid groups (broad SMARTS) is 1. The quantitative estimate of drug-likeness (QED) is 0.791. The van der Waals surface area contributed by atoms with Gasteiger partial charge in [0.15, 0.2) is 0 Å². The van der Waals surface area contributed by atoms with Crippen LogP contribution in [0.25, 0.3) is 0 Å². The van der Waals surface area contributed by atoms with Crippen molar-refractivity contribution in [1.29, 1.82) is 0 Å². The lowest BCUT2D eigenvalue weighted by Crippen LogP contribution is -2.40. The Morgan fingerprint density at radius 3 is 2.52 bits per heavy atom. The Balaban J connectivity index is 2.11. The number of halogens is 1. The zero-order valence-electron chi connectivity index (χ0n) is 14.2. The van der Waals surface area contributed by atoms with E-state index in [1.54, 1.807) is 45.0 Å². The minimum absolute atomic E-state index is 0.223. The molecule has 1 aromatic heterocycles. The maximum atomic E-state index is 12.6. The third-order valence-corrected chi connectivity index (χ3v) is 4.77. The largest absolute Gasteiger partial charge is 0.486 e. The van der Waals surface area contributed by atoms with E-state index in [1.807, 2.05) is 0 Å². The molecule has 0 aliphatic carbocycles. The maximum Gasteiger partial charge on any atom is 0.323 e. The Kier molecular flexibility index (Phi) is 6.39. The van der Waals surface area contributed by atoms with Gasteiger partial charge in [0.05, 0.1) is 5.69 Å². The number of ether oxygens (including phenoxy) is 1. The van der Waals surface area contributed by atoms with Crippen LogP contribution in [0.15, 0.2) is 24.3 Å². The van der Waals surface area contributed by atoms with Crippen molar-refractivity contribution in [3.05, 3.63) is 44.9 Å². The molecule has 0 unspecified atom stereocenters. The van der Waals surface area contributed by atoms with Crippen LogP contribution in [-0.2, 0) is 11.4 Å². The molecule has 0 saturated carbocycles. The number of carboxylic acids is 1. The second-order valence-corrected chi connectivity index (χ2v) is 7.21. The smallest absolute Gasteiger partial charge is 0.323 e. The number of carbonyl (C=O) groups excluding carboxylic acids is 1. The average molecular weight is 383 g/mol. The monoisotopic (exact) mass is 382 g/mol. The molecule has 0 aliphatic rings. The summed E-state index contributed by atoms with van der Waals surface area (Å²) in [5.74, 6) is -0.722. The molecule has 0 spiro atoms.